The van der Waals surface area contributed by atoms with Crippen LogP contribution in [0.2, 0.25) is 0 Å². The second-order valence-electron chi connectivity index (χ2n) is 6.36. The van der Waals surface area contributed by atoms with E-state index in [9.17, 15) is 4.79 Å². The first-order valence-corrected chi connectivity index (χ1v) is 8.94. The van der Waals surface area contributed by atoms with Gasteiger partial charge in [0.25, 0.3) is 0 Å². The minimum atomic E-state index is -0.0248. The van der Waals surface area contributed by atoms with Gasteiger partial charge in [0.1, 0.15) is 12.4 Å². The van der Waals surface area contributed by atoms with Crippen molar-refractivity contribution in [1.29, 1.82) is 0 Å². The van der Waals surface area contributed by atoms with Gasteiger partial charge in [0.2, 0.25) is 5.91 Å². The molecule has 3 rings (SSSR count). The number of benzene rings is 3. The molecule has 136 valence electrons. The SMILES string of the molecule is CN(Cc1ccccc1)C(=O)/C=C/c1ccc(OCc2ccccc2)cc1. The van der Waals surface area contributed by atoms with Crippen molar-refractivity contribution in [2.24, 2.45) is 0 Å². The van der Waals surface area contributed by atoms with E-state index in [1.54, 1.807) is 18.0 Å². The molecule has 0 aliphatic heterocycles. The number of ether oxygens (including phenoxy) is 1. The predicted molar refractivity (Wildman–Crippen MR) is 109 cm³/mol. The Balaban J connectivity index is 1.51. The first-order chi connectivity index (χ1) is 13.2. The highest BCUT2D eigenvalue weighted by Crippen LogP contribution is 2.15. The number of hydrogen-bond donors (Lipinski definition) is 0. The van der Waals surface area contributed by atoms with Crippen molar-refractivity contribution in [3.8, 4) is 5.75 Å². The van der Waals surface area contributed by atoms with Crippen LogP contribution >= 0.6 is 0 Å². The molecule has 0 spiro atoms. The molecule has 27 heavy (non-hydrogen) atoms. The molecule has 0 unspecified atom stereocenters. The van der Waals surface area contributed by atoms with Crippen molar-refractivity contribution >= 4 is 12.0 Å². The van der Waals surface area contributed by atoms with Gasteiger partial charge in [-0.1, -0.05) is 72.8 Å². The molecule has 3 aromatic carbocycles. The largest absolute Gasteiger partial charge is 0.489 e. The highest BCUT2D eigenvalue weighted by molar-refractivity contribution is 5.91. The van der Waals surface area contributed by atoms with Crippen molar-refractivity contribution < 1.29 is 9.53 Å². The summed E-state index contributed by atoms with van der Waals surface area (Å²) in [4.78, 5) is 14.0. The summed E-state index contributed by atoms with van der Waals surface area (Å²) in [5.74, 6) is 0.784. The summed E-state index contributed by atoms with van der Waals surface area (Å²) in [7, 11) is 1.81. The molecular weight excluding hydrogens is 334 g/mol. The Labute approximate surface area is 160 Å². The lowest BCUT2D eigenvalue weighted by Crippen LogP contribution is -2.23. The van der Waals surface area contributed by atoms with Crippen molar-refractivity contribution in [2.45, 2.75) is 13.2 Å². The van der Waals surface area contributed by atoms with E-state index in [2.05, 4.69) is 0 Å². The first kappa shape index (κ1) is 18.5. The molecule has 0 heterocycles. The standard InChI is InChI=1S/C24H23NO2/c1-25(18-21-8-4-2-5-9-21)24(26)17-14-20-12-15-23(16-13-20)27-19-22-10-6-3-7-11-22/h2-17H,18-19H2,1H3/b17-14+. The molecule has 0 aliphatic rings. The van der Waals surface area contributed by atoms with Gasteiger partial charge in [0.05, 0.1) is 0 Å². The van der Waals surface area contributed by atoms with Gasteiger partial charge in [-0.3, -0.25) is 4.79 Å². The number of hydrogen-bond acceptors (Lipinski definition) is 2. The summed E-state index contributed by atoms with van der Waals surface area (Å²) >= 11 is 0. The van der Waals surface area contributed by atoms with Crippen LogP contribution in [0.3, 0.4) is 0 Å². The second-order valence-corrected chi connectivity index (χ2v) is 6.36. The summed E-state index contributed by atoms with van der Waals surface area (Å²) in [6, 6.07) is 27.7. The third-order valence-electron chi connectivity index (χ3n) is 4.19. The molecule has 0 radical (unpaired) electrons. The van der Waals surface area contributed by atoms with Crippen molar-refractivity contribution in [3.63, 3.8) is 0 Å². The third-order valence-corrected chi connectivity index (χ3v) is 4.19. The Morgan fingerprint density at radius 3 is 2.07 bits per heavy atom. The average molecular weight is 357 g/mol. The van der Waals surface area contributed by atoms with Crippen LogP contribution in [-0.4, -0.2) is 17.9 Å². The van der Waals surface area contributed by atoms with E-state index in [0.29, 0.717) is 13.2 Å². The molecule has 0 fully saturated rings. The van der Waals surface area contributed by atoms with Crippen molar-refractivity contribution in [3.05, 3.63) is 108 Å². The fourth-order valence-electron chi connectivity index (χ4n) is 2.65. The Morgan fingerprint density at radius 1 is 0.852 bits per heavy atom. The molecule has 1 amide bonds. The van der Waals surface area contributed by atoms with Gasteiger partial charge in [0.15, 0.2) is 0 Å². The molecule has 0 aliphatic carbocycles. The molecule has 0 saturated heterocycles. The summed E-state index contributed by atoms with van der Waals surface area (Å²) < 4.78 is 5.78. The maximum absolute atomic E-state index is 12.3. The van der Waals surface area contributed by atoms with Gasteiger partial charge in [-0.05, 0) is 34.9 Å². The normalized spacial score (nSPS) is 10.7. The van der Waals surface area contributed by atoms with E-state index in [4.69, 9.17) is 4.74 Å². The quantitative estimate of drug-likeness (QED) is 0.561. The summed E-state index contributed by atoms with van der Waals surface area (Å²) in [5.41, 5.74) is 3.21. The molecule has 3 heteroatoms. The third kappa shape index (κ3) is 5.86. The fourth-order valence-corrected chi connectivity index (χ4v) is 2.65. The van der Waals surface area contributed by atoms with Gasteiger partial charge in [-0.2, -0.15) is 0 Å². The predicted octanol–water partition coefficient (Wildman–Crippen LogP) is 4.94. The minimum Gasteiger partial charge on any atom is -0.489 e. The van der Waals surface area contributed by atoms with E-state index in [1.165, 1.54) is 0 Å². The molecule has 0 N–H and O–H groups in total. The fraction of sp³-hybridized carbons (Fsp3) is 0.125. The van der Waals surface area contributed by atoms with Crippen LogP contribution in [0.5, 0.6) is 5.75 Å². The molecule has 0 aromatic heterocycles. The topological polar surface area (TPSA) is 29.5 Å². The molecule has 0 bridgehead atoms. The van der Waals surface area contributed by atoms with Gasteiger partial charge in [0, 0.05) is 19.7 Å². The zero-order chi connectivity index (χ0) is 18.9. The second kappa shape index (κ2) is 9.39. The Kier molecular flexibility index (Phi) is 6.42. The van der Waals surface area contributed by atoms with Crippen LogP contribution in [0.4, 0.5) is 0 Å². The minimum absolute atomic E-state index is 0.0248. The van der Waals surface area contributed by atoms with Crippen LogP contribution in [0, 0.1) is 0 Å². The maximum atomic E-state index is 12.3. The van der Waals surface area contributed by atoms with Crippen molar-refractivity contribution in [2.75, 3.05) is 7.05 Å². The lowest BCUT2D eigenvalue weighted by molar-refractivity contribution is -0.125. The Morgan fingerprint density at radius 2 is 1.44 bits per heavy atom. The summed E-state index contributed by atoms with van der Waals surface area (Å²) in [5, 5.41) is 0. The van der Waals surface area contributed by atoms with E-state index in [1.807, 2.05) is 91.0 Å². The van der Waals surface area contributed by atoms with Gasteiger partial charge >= 0.3 is 0 Å². The molecule has 0 saturated carbocycles. The number of nitrogens with zero attached hydrogens (tertiary/aromatic N) is 1. The zero-order valence-corrected chi connectivity index (χ0v) is 15.4. The molecule has 3 nitrogen and oxygen atoms in total. The van der Waals surface area contributed by atoms with E-state index >= 15 is 0 Å². The van der Waals surface area contributed by atoms with Crippen LogP contribution in [0.1, 0.15) is 16.7 Å². The highest BCUT2D eigenvalue weighted by atomic mass is 16.5. The highest BCUT2D eigenvalue weighted by Gasteiger charge is 2.05. The van der Waals surface area contributed by atoms with Gasteiger partial charge in [-0.15, -0.1) is 0 Å². The van der Waals surface area contributed by atoms with Crippen LogP contribution < -0.4 is 4.74 Å². The summed E-state index contributed by atoms with van der Waals surface area (Å²) in [6.07, 6.45) is 3.42. The Hall–Kier alpha value is -3.33. The van der Waals surface area contributed by atoms with Crippen LogP contribution in [0.15, 0.2) is 91.0 Å². The number of amides is 1. The first-order valence-electron chi connectivity index (χ1n) is 8.94. The lowest BCUT2D eigenvalue weighted by Gasteiger charge is -2.15. The number of carbonyl (C=O) groups is 1. The number of likely N-dealkylation sites (N-methyl/N-ethyl adjacent to an activating group) is 1. The monoisotopic (exact) mass is 357 g/mol. The zero-order valence-electron chi connectivity index (χ0n) is 15.4. The summed E-state index contributed by atoms with van der Waals surface area (Å²) in [6.45, 7) is 1.13. The number of carbonyl (C=O) groups excluding carboxylic acids is 1. The van der Waals surface area contributed by atoms with E-state index in [-0.39, 0.29) is 5.91 Å². The van der Waals surface area contributed by atoms with E-state index in [0.717, 1.165) is 22.4 Å². The number of rotatable bonds is 7. The maximum Gasteiger partial charge on any atom is 0.246 e. The smallest absolute Gasteiger partial charge is 0.246 e. The lowest BCUT2D eigenvalue weighted by atomic mass is 10.2. The van der Waals surface area contributed by atoms with E-state index < -0.39 is 0 Å². The Bertz CT molecular complexity index is 871. The molecule has 0 atom stereocenters. The van der Waals surface area contributed by atoms with Gasteiger partial charge < -0.3 is 9.64 Å². The molecule has 3 aromatic rings. The average Bonchev–Trinajstić information content (AvgIpc) is 2.72. The van der Waals surface area contributed by atoms with Crippen molar-refractivity contribution in [1.82, 2.24) is 4.90 Å². The van der Waals surface area contributed by atoms with Crippen LogP contribution in [0.25, 0.3) is 6.08 Å². The van der Waals surface area contributed by atoms with Gasteiger partial charge in [-0.25, -0.2) is 0 Å². The molecular formula is C24H23NO2. The van der Waals surface area contributed by atoms with Crippen LogP contribution in [-0.2, 0) is 17.9 Å².